The SMILES string of the molecule is CCN(CC(=O)N(C)C)Cc1cc(C(C)=O)ccc1O. The molecule has 20 heavy (non-hydrogen) atoms. The summed E-state index contributed by atoms with van der Waals surface area (Å²) in [7, 11) is 3.42. The average Bonchev–Trinajstić information content (AvgIpc) is 2.39. The smallest absolute Gasteiger partial charge is 0.236 e. The van der Waals surface area contributed by atoms with Crippen molar-refractivity contribution in [2.75, 3.05) is 27.2 Å². The first-order valence-electron chi connectivity index (χ1n) is 6.60. The monoisotopic (exact) mass is 278 g/mol. The first kappa shape index (κ1) is 16.2. The summed E-state index contributed by atoms with van der Waals surface area (Å²) in [5.74, 6) is 0.110. The van der Waals surface area contributed by atoms with Crippen LogP contribution in [0.4, 0.5) is 0 Å². The minimum Gasteiger partial charge on any atom is -0.508 e. The third kappa shape index (κ3) is 4.35. The van der Waals surface area contributed by atoms with Crippen LogP contribution in [0.5, 0.6) is 5.75 Å². The lowest BCUT2D eigenvalue weighted by Crippen LogP contribution is -2.36. The Morgan fingerprint density at radius 3 is 2.40 bits per heavy atom. The lowest BCUT2D eigenvalue weighted by molar-refractivity contribution is -0.130. The van der Waals surface area contributed by atoms with Gasteiger partial charge in [-0.25, -0.2) is 0 Å². The number of rotatable bonds is 6. The van der Waals surface area contributed by atoms with E-state index in [2.05, 4.69) is 0 Å². The van der Waals surface area contributed by atoms with Gasteiger partial charge in [0.2, 0.25) is 5.91 Å². The van der Waals surface area contributed by atoms with Crippen LogP contribution >= 0.6 is 0 Å². The van der Waals surface area contributed by atoms with E-state index in [1.165, 1.54) is 17.9 Å². The maximum atomic E-state index is 11.7. The quantitative estimate of drug-likeness (QED) is 0.801. The predicted molar refractivity (Wildman–Crippen MR) is 77.8 cm³/mol. The number of phenolic OH excluding ortho intramolecular Hbond substituents is 1. The van der Waals surface area contributed by atoms with E-state index < -0.39 is 0 Å². The van der Waals surface area contributed by atoms with E-state index in [4.69, 9.17) is 0 Å². The van der Waals surface area contributed by atoms with Gasteiger partial charge in [0.25, 0.3) is 0 Å². The molecule has 110 valence electrons. The summed E-state index contributed by atoms with van der Waals surface area (Å²) in [4.78, 5) is 26.6. The van der Waals surface area contributed by atoms with Crippen LogP contribution in [0.15, 0.2) is 18.2 Å². The van der Waals surface area contributed by atoms with Gasteiger partial charge in [0.1, 0.15) is 5.75 Å². The second kappa shape index (κ2) is 7.05. The van der Waals surface area contributed by atoms with Crippen molar-refractivity contribution in [2.24, 2.45) is 0 Å². The number of benzene rings is 1. The van der Waals surface area contributed by atoms with Crippen molar-refractivity contribution in [1.82, 2.24) is 9.80 Å². The Kier molecular flexibility index (Phi) is 5.70. The fraction of sp³-hybridized carbons (Fsp3) is 0.467. The molecule has 0 aliphatic heterocycles. The Morgan fingerprint density at radius 1 is 1.25 bits per heavy atom. The number of ketones is 1. The molecule has 0 aromatic heterocycles. The summed E-state index contributed by atoms with van der Waals surface area (Å²) in [6, 6.07) is 4.80. The zero-order chi connectivity index (χ0) is 15.3. The largest absolute Gasteiger partial charge is 0.508 e. The van der Waals surface area contributed by atoms with Gasteiger partial charge in [0.15, 0.2) is 5.78 Å². The average molecular weight is 278 g/mol. The molecule has 5 heteroatoms. The standard InChI is InChI=1S/C15H22N2O3/c1-5-17(10-15(20)16(3)4)9-13-8-12(11(2)18)6-7-14(13)19/h6-8,19H,5,9-10H2,1-4H3. The molecule has 0 saturated carbocycles. The van der Waals surface area contributed by atoms with Gasteiger partial charge in [-0.15, -0.1) is 0 Å². The molecule has 0 heterocycles. The lowest BCUT2D eigenvalue weighted by Gasteiger charge is -2.22. The van der Waals surface area contributed by atoms with Crippen LogP contribution in [0, 0.1) is 0 Å². The van der Waals surface area contributed by atoms with E-state index in [1.54, 1.807) is 26.2 Å². The number of Topliss-reactive ketones (excluding diaryl/α,β-unsaturated/α-hetero) is 1. The number of hydrogen-bond acceptors (Lipinski definition) is 4. The first-order valence-corrected chi connectivity index (χ1v) is 6.60. The number of likely N-dealkylation sites (N-methyl/N-ethyl adjacent to an activating group) is 2. The molecular weight excluding hydrogens is 256 g/mol. The first-order chi connectivity index (χ1) is 9.35. The van der Waals surface area contributed by atoms with E-state index in [0.717, 1.165) is 0 Å². The van der Waals surface area contributed by atoms with E-state index in [1.807, 2.05) is 11.8 Å². The van der Waals surface area contributed by atoms with Gasteiger partial charge in [0, 0.05) is 31.8 Å². The number of carbonyl (C=O) groups is 2. The van der Waals surface area contributed by atoms with Crippen LogP contribution < -0.4 is 0 Å². The molecule has 0 radical (unpaired) electrons. The third-order valence-corrected chi connectivity index (χ3v) is 3.18. The van der Waals surface area contributed by atoms with Gasteiger partial charge in [0.05, 0.1) is 6.54 Å². The number of phenols is 1. The number of nitrogens with zero attached hydrogens (tertiary/aromatic N) is 2. The molecule has 0 aliphatic rings. The van der Waals surface area contributed by atoms with E-state index >= 15 is 0 Å². The van der Waals surface area contributed by atoms with E-state index in [0.29, 0.717) is 24.2 Å². The highest BCUT2D eigenvalue weighted by Crippen LogP contribution is 2.20. The van der Waals surface area contributed by atoms with Gasteiger partial charge in [-0.1, -0.05) is 6.92 Å². The molecule has 1 amide bonds. The highest BCUT2D eigenvalue weighted by molar-refractivity contribution is 5.94. The summed E-state index contributed by atoms with van der Waals surface area (Å²) in [5.41, 5.74) is 1.22. The molecular formula is C15H22N2O3. The van der Waals surface area contributed by atoms with Gasteiger partial charge >= 0.3 is 0 Å². The maximum absolute atomic E-state index is 11.7. The number of aromatic hydroxyl groups is 1. The topological polar surface area (TPSA) is 60.9 Å². The van der Waals surface area contributed by atoms with E-state index in [9.17, 15) is 14.7 Å². The van der Waals surface area contributed by atoms with Gasteiger partial charge in [-0.05, 0) is 31.7 Å². The molecule has 1 N–H and O–H groups in total. The summed E-state index contributed by atoms with van der Waals surface area (Å²) < 4.78 is 0. The number of amides is 1. The minimum atomic E-state index is -0.0429. The molecule has 1 aromatic carbocycles. The van der Waals surface area contributed by atoms with Gasteiger partial charge < -0.3 is 10.0 Å². The zero-order valence-corrected chi connectivity index (χ0v) is 12.5. The Balaban J connectivity index is 2.86. The van der Waals surface area contributed by atoms with E-state index in [-0.39, 0.29) is 24.0 Å². The number of carbonyl (C=O) groups excluding carboxylic acids is 2. The maximum Gasteiger partial charge on any atom is 0.236 e. The van der Waals surface area contributed by atoms with Gasteiger partial charge in [-0.3, -0.25) is 14.5 Å². The molecule has 0 bridgehead atoms. The number of hydrogen-bond donors (Lipinski definition) is 1. The van der Waals surface area contributed by atoms with Crippen LogP contribution in [-0.2, 0) is 11.3 Å². The highest BCUT2D eigenvalue weighted by Gasteiger charge is 2.14. The molecule has 5 nitrogen and oxygen atoms in total. The highest BCUT2D eigenvalue weighted by atomic mass is 16.3. The zero-order valence-electron chi connectivity index (χ0n) is 12.5. The van der Waals surface area contributed by atoms with Crippen molar-refractivity contribution in [2.45, 2.75) is 20.4 Å². The van der Waals surface area contributed by atoms with Crippen molar-refractivity contribution < 1.29 is 14.7 Å². The molecule has 0 spiro atoms. The second-order valence-corrected chi connectivity index (χ2v) is 4.99. The van der Waals surface area contributed by atoms with Crippen LogP contribution in [0.25, 0.3) is 0 Å². The minimum absolute atomic E-state index is 0.00839. The third-order valence-electron chi connectivity index (χ3n) is 3.18. The Labute approximate surface area is 119 Å². The summed E-state index contributed by atoms with van der Waals surface area (Å²) in [6.45, 7) is 4.84. The fourth-order valence-corrected chi connectivity index (χ4v) is 1.78. The van der Waals surface area contributed by atoms with Gasteiger partial charge in [-0.2, -0.15) is 0 Å². The second-order valence-electron chi connectivity index (χ2n) is 4.99. The molecule has 0 saturated heterocycles. The van der Waals surface area contributed by atoms with Crippen LogP contribution in [-0.4, -0.2) is 53.8 Å². The summed E-state index contributed by atoms with van der Waals surface area (Å²) >= 11 is 0. The molecule has 0 aliphatic carbocycles. The van der Waals surface area contributed by atoms with Crippen molar-refractivity contribution in [1.29, 1.82) is 0 Å². The fourth-order valence-electron chi connectivity index (χ4n) is 1.78. The van der Waals surface area contributed by atoms with Crippen LogP contribution in [0.1, 0.15) is 29.8 Å². The van der Waals surface area contributed by atoms with Crippen LogP contribution in [0.2, 0.25) is 0 Å². The predicted octanol–water partition coefficient (Wildman–Crippen LogP) is 1.50. The Bertz CT molecular complexity index is 498. The van der Waals surface area contributed by atoms with Crippen LogP contribution in [0.3, 0.4) is 0 Å². The molecule has 1 rings (SSSR count). The van der Waals surface area contributed by atoms with Crippen molar-refractivity contribution in [3.63, 3.8) is 0 Å². The molecule has 0 atom stereocenters. The molecule has 0 unspecified atom stereocenters. The Morgan fingerprint density at radius 2 is 1.90 bits per heavy atom. The molecule has 1 aromatic rings. The van der Waals surface area contributed by atoms with Crippen molar-refractivity contribution in [3.8, 4) is 5.75 Å². The van der Waals surface area contributed by atoms with Crippen molar-refractivity contribution in [3.05, 3.63) is 29.3 Å². The summed E-state index contributed by atoms with van der Waals surface area (Å²) in [5, 5.41) is 9.87. The Hall–Kier alpha value is -1.88. The lowest BCUT2D eigenvalue weighted by atomic mass is 10.1. The molecule has 0 fully saturated rings. The van der Waals surface area contributed by atoms with Crippen molar-refractivity contribution >= 4 is 11.7 Å². The normalized spacial score (nSPS) is 10.7. The summed E-state index contributed by atoms with van der Waals surface area (Å²) in [6.07, 6.45) is 0.